The van der Waals surface area contributed by atoms with Gasteiger partial charge in [0.25, 0.3) is 0 Å². The number of unbranched alkanes of at least 4 members (excludes halogenated alkanes) is 5. The average molecular weight is 275 g/mol. The van der Waals surface area contributed by atoms with E-state index in [2.05, 4.69) is 19.1 Å². The van der Waals surface area contributed by atoms with Crippen molar-refractivity contribution in [1.29, 1.82) is 0 Å². The molecule has 20 heavy (non-hydrogen) atoms. The minimum Gasteiger partial charge on any atom is -0.369 e. The lowest BCUT2D eigenvalue weighted by Gasteiger charge is -2.13. The smallest absolute Gasteiger partial charge is 0.220 e. The van der Waals surface area contributed by atoms with Gasteiger partial charge in [0.15, 0.2) is 0 Å². The van der Waals surface area contributed by atoms with Gasteiger partial charge in [0.05, 0.1) is 0 Å². The van der Waals surface area contributed by atoms with Crippen LogP contribution < -0.4 is 5.73 Å². The van der Waals surface area contributed by atoms with Gasteiger partial charge in [-0.3, -0.25) is 4.79 Å². The molecule has 0 radical (unpaired) electrons. The molecule has 1 amide bonds. The van der Waals surface area contributed by atoms with Crippen LogP contribution in [0.1, 0.15) is 63.9 Å². The summed E-state index contributed by atoms with van der Waals surface area (Å²) in [6, 6.07) is 10.3. The standard InChI is InChI=1S/C18H29NO/c1-2-3-4-5-6-10-13-17(18(19)20)15-14-16-11-8-7-9-12-16/h7-9,11-12,17H,2-6,10,13-15H2,1H3,(H2,19,20). The maximum atomic E-state index is 11.5. The van der Waals surface area contributed by atoms with Gasteiger partial charge < -0.3 is 5.73 Å². The van der Waals surface area contributed by atoms with E-state index in [0.717, 1.165) is 25.7 Å². The van der Waals surface area contributed by atoms with Crippen molar-refractivity contribution in [2.75, 3.05) is 0 Å². The van der Waals surface area contributed by atoms with Crippen molar-refractivity contribution in [2.45, 2.75) is 64.7 Å². The van der Waals surface area contributed by atoms with E-state index >= 15 is 0 Å². The monoisotopic (exact) mass is 275 g/mol. The second kappa shape index (κ2) is 10.5. The van der Waals surface area contributed by atoms with Gasteiger partial charge in [-0.05, 0) is 24.8 Å². The van der Waals surface area contributed by atoms with E-state index in [0.29, 0.717) is 0 Å². The fourth-order valence-corrected chi connectivity index (χ4v) is 2.59. The maximum absolute atomic E-state index is 11.5. The lowest BCUT2D eigenvalue weighted by atomic mass is 9.93. The van der Waals surface area contributed by atoms with Gasteiger partial charge in [0.1, 0.15) is 0 Å². The summed E-state index contributed by atoms with van der Waals surface area (Å²) in [6.07, 6.45) is 10.4. The van der Waals surface area contributed by atoms with E-state index in [1.807, 2.05) is 18.2 Å². The van der Waals surface area contributed by atoms with Crippen LogP contribution in [0.3, 0.4) is 0 Å². The molecule has 0 aliphatic rings. The first-order chi connectivity index (χ1) is 9.74. The third-order valence-electron chi connectivity index (χ3n) is 3.93. The first-order valence-corrected chi connectivity index (χ1v) is 8.07. The van der Waals surface area contributed by atoms with Crippen LogP contribution in [-0.4, -0.2) is 5.91 Å². The first-order valence-electron chi connectivity index (χ1n) is 8.07. The number of hydrogen-bond acceptors (Lipinski definition) is 1. The number of carbonyl (C=O) groups excluding carboxylic acids is 1. The molecule has 1 aromatic carbocycles. The van der Waals surface area contributed by atoms with E-state index < -0.39 is 0 Å². The molecule has 0 heterocycles. The summed E-state index contributed by atoms with van der Waals surface area (Å²) >= 11 is 0. The number of carbonyl (C=O) groups is 1. The minimum absolute atomic E-state index is 0.0429. The summed E-state index contributed by atoms with van der Waals surface area (Å²) in [4.78, 5) is 11.5. The van der Waals surface area contributed by atoms with Gasteiger partial charge in [-0.2, -0.15) is 0 Å². The average Bonchev–Trinajstić information content (AvgIpc) is 2.46. The maximum Gasteiger partial charge on any atom is 0.220 e. The largest absolute Gasteiger partial charge is 0.369 e. The molecule has 1 rings (SSSR count). The molecule has 0 fully saturated rings. The summed E-state index contributed by atoms with van der Waals surface area (Å²) < 4.78 is 0. The number of nitrogens with two attached hydrogens (primary N) is 1. The summed E-state index contributed by atoms with van der Waals surface area (Å²) in [5.74, 6) is -0.0872. The summed E-state index contributed by atoms with van der Waals surface area (Å²) in [7, 11) is 0. The van der Waals surface area contributed by atoms with E-state index in [4.69, 9.17) is 5.73 Å². The molecule has 0 aliphatic heterocycles. The minimum atomic E-state index is -0.130. The predicted octanol–water partition coefficient (Wildman–Crippen LogP) is 4.47. The SMILES string of the molecule is CCCCCCCCC(CCc1ccccc1)C(N)=O. The van der Waals surface area contributed by atoms with Crippen LogP contribution >= 0.6 is 0 Å². The Kier molecular flexibility index (Phi) is 8.77. The van der Waals surface area contributed by atoms with Crippen molar-refractivity contribution >= 4 is 5.91 Å². The Hall–Kier alpha value is -1.31. The zero-order valence-electron chi connectivity index (χ0n) is 12.8. The van der Waals surface area contributed by atoms with Gasteiger partial charge in [0.2, 0.25) is 5.91 Å². The molecule has 2 nitrogen and oxygen atoms in total. The topological polar surface area (TPSA) is 43.1 Å². The number of hydrogen-bond donors (Lipinski definition) is 1. The third kappa shape index (κ3) is 7.32. The van der Waals surface area contributed by atoms with Crippen molar-refractivity contribution in [2.24, 2.45) is 11.7 Å². The van der Waals surface area contributed by atoms with Crippen molar-refractivity contribution < 1.29 is 4.79 Å². The molecule has 2 heteroatoms. The van der Waals surface area contributed by atoms with Crippen LogP contribution in [0, 0.1) is 5.92 Å². The highest BCUT2D eigenvalue weighted by Gasteiger charge is 2.14. The highest BCUT2D eigenvalue weighted by molar-refractivity contribution is 5.76. The lowest BCUT2D eigenvalue weighted by molar-refractivity contribution is -0.122. The molecule has 1 atom stereocenters. The van der Waals surface area contributed by atoms with Crippen molar-refractivity contribution in [3.8, 4) is 0 Å². The summed E-state index contributed by atoms with van der Waals surface area (Å²) in [5, 5.41) is 0. The number of amides is 1. The molecule has 112 valence electrons. The van der Waals surface area contributed by atoms with Crippen LogP contribution in [0.5, 0.6) is 0 Å². The zero-order chi connectivity index (χ0) is 14.6. The Labute approximate surface area is 123 Å². The molecule has 0 aliphatic carbocycles. The molecule has 0 spiro atoms. The highest BCUT2D eigenvalue weighted by Crippen LogP contribution is 2.17. The second-order valence-corrected chi connectivity index (χ2v) is 5.68. The number of rotatable bonds is 11. The molecular weight excluding hydrogens is 246 g/mol. The molecule has 2 N–H and O–H groups in total. The normalized spacial score (nSPS) is 12.2. The quantitative estimate of drug-likeness (QED) is 0.595. The van der Waals surface area contributed by atoms with E-state index in [9.17, 15) is 4.79 Å². The van der Waals surface area contributed by atoms with Crippen molar-refractivity contribution in [1.82, 2.24) is 0 Å². The fraction of sp³-hybridized carbons (Fsp3) is 0.611. The Morgan fingerprint density at radius 3 is 2.30 bits per heavy atom. The third-order valence-corrected chi connectivity index (χ3v) is 3.93. The van der Waals surface area contributed by atoms with Crippen LogP contribution in [0.4, 0.5) is 0 Å². The Morgan fingerprint density at radius 1 is 1.00 bits per heavy atom. The molecular formula is C18H29NO. The first kappa shape index (κ1) is 16.7. The Balaban J connectivity index is 2.21. The van der Waals surface area contributed by atoms with Crippen LogP contribution in [0.15, 0.2) is 30.3 Å². The second-order valence-electron chi connectivity index (χ2n) is 5.68. The molecule has 1 unspecified atom stereocenters. The van der Waals surface area contributed by atoms with E-state index in [1.165, 1.54) is 37.7 Å². The number of primary amides is 1. The van der Waals surface area contributed by atoms with Crippen LogP contribution in [0.25, 0.3) is 0 Å². The van der Waals surface area contributed by atoms with Gasteiger partial charge in [-0.15, -0.1) is 0 Å². The van der Waals surface area contributed by atoms with E-state index in [1.54, 1.807) is 0 Å². The van der Waals surface area contributed by atoms with Crippen LogP contribution in [0.2, 0.25) is 0 Å². The molecule has 0 bridgehead atoms. The molecule has 0 saturated heterocycles. The summed E-state index contributed by atoms with van der Waals surface area (Å²) in [6.45, 7) is 2.23. The molecule has 1 aromatic rings. The zero-order valence-corrected chi connectivity index (χ0v) is 12.8. The number of benzene rings is 1. The molecule has 0 saturated carbocycles. The van der Waals surface area contributed by atoms with Gasteiger partial charge >= 0.3 is 0 Å². The van der Waals surface area contributed by atoms with Crippen LogP contribution in [-0.2, 0) is 11.2 Å². The Morgan fingerprint density at radius 2 is 1.65 bits per heavy atom. The van der Waals surface area contributed by atoms with E-state index in [-0.39, 0.29) is 11.8 Å². The number of aryl methyl sites for hydroxylation is 1. The Bertz CT molecular complexity index is 361. The highest BCUT2D eigenvalue weighted by atomic mass is 16.1. The predicted molar refractivity (Wildman–Crippen MR) is 85.4 cm³/mol. The van der Waals surface area contributed by atoms with Gasteiger partial charge in [-0.1, -0.05) is 75.8 Å². The van der Waals surface area contributed by atoms with Gasteiger partial charge in [0, 0.05) is 5.92 Å². The lowest BCUT2D eigenvalue weighted by Crippen LogP contribution is -2.23. The van der Waals surface area contributed by atoms with Crippen molar-refractivity contribution in [3.63, 3.8) is 0 Å². The fourth-order valence-electron chi connectivity index (χ4n) is 2.59. The molecule has 0 aromatic heterocycles. The van der Waals surface area contributed by atoms with Gasteiger partial charge in [-0.25, -0.2) is 0 Å². The summed E-state index contributed by atoms with van der Waals surface area (Å²) in [5.41, 5.74) is 6.82. The van der Waals surface area contributed by atoms with Crippen molar-refractivity contribution in [3.05, 3.63) is 35.9 Å².